The molecule has 1 aliphatic heterocycles. The van der Waals surface area contributed by atoms with E-state index in [4.69, 9.17) is 0 Å². The van der Waals surface area contributed by atoms with Crippen LogP contribution in [0, 0.1) is 0 Å². The Kier molecular flexibility index (Phi) is 17.6. The zero-order chi connectivity index (χ0) is 24.8. The zero-order valence-corrected chi connectivity index (χ0v) is 23.6. The molecular weight excluding hydrogens is 424 g/mol. The summed E-state index contributed by atoms with van der Waals surface area (Å²) in [4.78, 5) is 5.23. The fraction of sp³-hybridized carbons (Fsp3) is 0.758. The summed E-state index contributed by atoms with van der Waals surface area (Å²) in [7, 11) is 0. The highest BCUT2D eigenvalue weighted by molar-refractivity contribution is 5.15. The molecule has 1 aliphatic rings. The SMILES string of the molecule is CCCCCCCCCCCCCCCC1N(CCCCCCCC)C=CN1Cc1ccccc1. The zero-order valence-electron chi connectivity index (χ0n) is 23.6. The van der Waals surface area contributed by atoms with Gasteiger partial charge in [-0.3, -0.25) is 0 Å². The van der Waals surface area contributed by atoms with Crippen molar-refractivity contribution in [3.8, 4) is 0 Å². The molecule has 2 rings (SSSR count). The lowest BCUT2D eigenvalue weighted by Gasteiger charge is -2.33. The van der Waals surface area contributed by atoms with Gasteiger partial charge < -0.3 is 9.80 Å². The van der Waals surface area contributed by atoms with Crippen molar-refractivity contribution in [2.75, 3.05) is 6.54 Å². The van der Waals surface area contributed by atoms with E-state index in [9.17, 15) is 0 Å². The lowest BCUT2D eigenvalue weighted by Crippen LogP contribution is -2.38. The third kappa shape index (κ3) is 14.0. The number of benzene rings is 1. The summed E-state index contributed by atoms with van der Waals surface area (Å²) in [6.07, 6.45) is 33.5. The molecule has 1 aromatic rings. The van der Waals surface area contributed by atoms with Gasteiger partial charge in [0, 0.05) is 25.5 Å². The average Bonchev–Trinajstić information content (AvgIpc) is 3.25. The molecule has 1 unspecified atom stereocenters. The highest BCUT2D eigenvalue weighted by atomic mass is 15.4. The number of unbranched alkanes of at least 4 members (excludes halogenated alkanes) is 17. The lowest BCUT2D eigenvalue weighted by molar-refractivity contribution is 0.132. The molecule has 1 atom stereocenters. The minimum Gasteiger partial charge on any atom is -0.356 e. The Labute approximate surface area is 219 Å². The van der Waals surface area contributed by atoms with Gasteiger partial charge in [-0.25, -0.2) is 0 Å². The normalized spacial score (nSPS) is 15.4. The Morgan fingerprint density at radius 2 is 0.971 bits per heavy atom. The smallest absolute Gasteiger partial charge is 0.101 e. The summed E-state index contributed by atoms with van der Waals surface area (Å²) < 4.78 is 0. The van der Waals surface area contributed by atoms with Crippen molar-refractivity contribution >= 4 is 0 Å². The van der Waals surface area contributed by atoms with Crippen molar-refractivity contribution in [1.82, 2.24) is 9.80 Å². The quantitative estimate of drug-likeness (QED) is 0.143. The Morgan fingerprint density at radius 1 is 0.514 bits per heavy atom. The van der Waals surface area contributed by atoms with Crippen LogP contribution in [0.15, 0.2) is 42.7 Å². The van der Waals surface area contributed by atoms with Gasteiger partial charge in [0.2, 0.25) is 0 Å². The first kappa shape index (κ1) is 29.8. The molecule has 1 aromatic carbocycles. The monoisotopic (exact) mass is 482 g/mol. The first-order valence-corrected chi connectivity index (χ1v) is 15.6. The van der Waals surface area contributed by atoms with Gasteiger partial charge >= 0.3 is 0 Å². The second-order valence-electron chi connectivity index (χ2n) is 11.0. The molecule has 0 saturated carbocycles. The summed E-state index contributed by atoms with van der Waals surface area (Å²) >= 11 is 0. The first-order chi connectivity index (χ1) is 17.3. The molecule has 0 aromatic heterocycles. The van der Waals surface area contributed by atoms with E-state index in [1.807, 2.05) is 0 Å². The molecule has 0 fully saturated rings. The first-order valence-electron chi connectivity index (χ1n) is 15.6. The third-order valence-corrected chi connectivity index (χ3v) is 7.76. The Bertz CT molecular complexity index is 611. The maximum absolute atomic E-state index is 2.64. The third-order valence-electron chi connectivity index (χ3n) is 7.76. The topological polar surface area (TPSA) is 6.48 Å². The molecule has 0 N–H and O–H groups in total. The predicted molar refractivity (Wildman–Crippen MR) is 155 cm³/mol. The molecule has 2 nitrogen and oxygen atoms in total. The van der Waals surface area contributed by atoms with E-state index >= 15 is 0 Å². The van der Waals surface area contributed by atoms with Crippen molar-refractivity contribution < 1.29 is 0 Å². The van der Waals surface area contributed by atoms with E-state index in [1.54, 1.807) is 0 Å². The summed E-state index contributed by atoms with van der Waals surface area (Å²) in [5.41, 5.74) is 1.42. The van der Waals surface area contributed by atoms with Gasteiger partial charge in [0.25, 0.3) is 0 Å². The van der Waals surface area contributed by atoms with Crippen molar-refractivity contribution in [3.05, 3.63) is 48.3 Å². The second kappa shape index (κ2) is 20.7. The van der Waals surface area contributed by atoms with E-state index in [0.29, 0.717) is 6.17 Å². The van der Waals surface area contributed by atoms with Crippen molar-refractivity contribution in [2.24, 2.45) is 0 Å². The lowest BCUT2D eigenvalue weighted by atomic mass is 10.0. The van der Waals surface area contributed by atoms with Crippen LogP contribution in [0.2, 0.25) is 0 Å². The largest absolute Gasteiger partial charge is 0.356 e. The second-order valence-corrected chi connectivity index (χ2v) is 11.0. The molecule has 2 heteroatoms. The Hall–Kier alpha value is -1.44. The standard InChI is InChI=1S/C33H58N2/c1-3-5-7-9-11-12-13-14-15-16-17-18-23-27-33-34(28-24-19-10-8-6-4-2)29-30-35(33)31-32-25-21-20-22-26-32/h20-22,25-26,29-30,33H,3-19,23-24,27-28,31H2,1-2H3. The Balaban J connectivity index is 1.61. The summed E-state index contributed by atoms with van der Waals surface area (Å²) in [6, 6.07) is 11.0. The molecular formula is C33H58N2. The van der Waals surface area contributed by atoms with Crippen LogP contribution in [0.25, 0.3) is 0 Å². The van der Waals surface area contributed by atoms with Gasteiger partial charge in [0.05, 0.1) is 0 Å². The van der Waals surface area contributed by atoms with Gasteiger partial charge in [-0.1, -0.05) is 153 Å². The van der Waals surface area contributed by atoms with Gasteiger partial charge in [-0.2, -0.15) is 0 Å². The van der Waals surface area contributed by atoms with Crippen LogP contribution in [0.5, 0.6) is 0 Å². The van der Waals surface area contributed by atoms with Crippen LogP contribution in [-0.2, 0) is 6.54 Å². The van der Waals surface area contributed by atoms with Crippen molar-refractivity contribution in [3.63, 3.8) is 0 Å². The summed E-state index contributed by atoms with van der Waals surface area (Å²) in [6.45, 7) is 6.86. The number of hydrogen-bond donors (Lipinski definition) is 0. The molecule has 0 amide bonds. The maximum Gasteiger partial charge on any atom is 0.101 e. The fourth-order valence-electron chi connectivity index (χ4n) is 5.49. The van der Waals surface area contributed by atoms with Gasteiger partial charge in [0.1, 0.15) is 6.17 Å². The summed E-state index contributed by atoms with van der Waals surface area (Å²) in [5, 5.41) is 0. The predicted octanol–water partition coefficient (Wildman–Crippen LogP) is 10.4. The van der Waals surface area contributed by atoms with Crippen LogP contribution < -0.4 is 0 Å². The van der Waals surface area contributed by atoms with E-state index in [-0.39, 0.29) is 0 Å². The van der Waals surface area contributed by atoms with Crippen LogP contribution in [0.4, 0.5) is 0 Å². The summed E-state index contributed by atoms with van der Waals surface area (Å²) in [5.74, 6) is 0. The molecule has 0 aliphatic carbocycles. The van der Waals surface area contributed by atoms with Crippen LogP contribution in [0.1, 0.15) is 148 Å². The molecule has 1 heterocycles. The van der Waals surface area contributed by atoms with Crippen LogP contribution in [0.3, 0.4) is 0 Å². The van der Waals surface area contributed by atoms with E-state index in [1.165, 1.54) is 141 Å². The molecule has 0 bridgehead atoms. The van der Waals surface area contributed by atoms with Gasteiger partial charge in [-0.05, 0) is 24.8 Å². The number of nitrogens with zero attached hydrogens (tertiary/aromatic N) is 2. The fourth-order valence-corrected chi connectivity index (χ4v) is 5.49. The van der Waals surface area contributed by atoms with Crippen molar-refractivity contribution in [1.29, 1.82) is 0 Å². The molecule has 35 heavy (non-hydrogen) atoms. The number of hydrogen-bond acceptors (Lipinski definition) is 2. The van der Waals surface area contributed by atoms with Gasteiger partial charge in [0.15, 0.2) is 0 Å². The number of rotatable bonds is 23. The highest BCUT2D eigenvalue weighted by Gasteiger charge is 2.25. The molecule has 0 spiro atoms. The maximum atomic E-state index is 2.64. The van der Waals surface area contributed by atoms with Crippen LogP contribution in [-0.4, -0.2) is 22.5 Å². The van der Waals surface area contributed by atoms with E-state index in [2.05, 4.69) is 66.4 Å². The molecule has 0 saturated heterocycles. The molecule has 0 radical (unpaired) electrons. The van der Waals surface area contributed by atoms with Gasteiger partial charge in [-0.15, -0.1) is 0 Å². The minimum atomic E-state index is 0.554. The van der Waals surface area contributed by atoms with E-state index < -0.39 is 0 Å². The Morgan fingerprint density at radius 3 is 1.51 bits per heavy atom. The van der Waals surface area contributed by atoms with E-state index in [0.717, 1.165) is 6.54 Å². The minimum absolute atomic E-state index is 0.554. The average molecular weight is 483 g/mol. The molecule has 200 valence electrons. The highest BCUT2D eigenvalue weighted by Crippen LogP contribution is 2.25. The van der Waals surface area contributed by atoms with Crippen molar-refractivity contribution in [2.45, 2.75) is 155 Å². The van der Waals surface area contributed by atoms with Crippen LogP contribution >= 0.6 is 0 Å².